The van der Waals surface area contributed by atoms with E-state index < -0.39 is 0 Å². The normalized spacial score (nSPS) is 11.9. The van der Waals surface area contributed by atoms with E-state index in [9.17, 15) is 4.79 Å². The molecule has 3 rings (SSSR count). The number of hydrogen-bond donors (Lipinski definition) is 1. The summed E-state index contributed by atoms with van der Waals surface area (Å²) >= 11 is 13.4. The minimum absolute atomic E-state index is 0.161. The minimum atomic E-state index is -0.284. The predicted octanol–water partition coefficient (Wildman–Crippen LogP) is 5.78. The second kappa shape index (κ2) is 10.2. The van der Waals surface area contributed by atoms with Gasteiger partial charge in [0.15, 0.2) is 17.1 Å². The first kappa shape index (κ1) is 22.5. The molecule has 9 heteroatoms. The van der Waals surface area contributed by atoms with Crippen molar-refractivity contribution in [2.24, 2.45) is 0 Å². The van der Waals surface area contributed by atoms with Gasteiger partial charge in [-0.05, 0) is 45.0 Å². The first-order chi connectivity index (χ1) is 14.4. The first-order valence-electron chi connectivity index (χ1n) is 9.42. The molecule has 0 aliphatic heterocycles. The fourth-order valence-electron chi connectivity index (χ4n) is 2.80. The van der Waals surface area contributed by atoms with Crippen molar-refractivity contribution in [2.75, 3.05) is 11.1 Å². The lowest BCUT2D eigenvalue weighted by Crippen LogP contribution is -2.15. The maximum atomic E-state index is 12.3. The van der Waals surface area contributed by atoms with E-state index in [1.165, 1.54) is 17.3 Å². The average molecular weight is 465 g/mol. The third kappa shape index (κ3) is 5.47. The van der Waals surface area contributed by atoms with Gasteiger partial charge in [-0.2, -0.15) is 0 Å². The van der Waals surface area contributed by atoms with Gasteiger partial charge in [0.1, 0.15) is 5.75 Å². The second-order valence-corrected chi connectivity index (χ2v) is 8.32. The maximum absolute atomic E-state index is 12.3. The fourth-order valence-corrected chi connectivity index (χ4v) is 3.95. The highest BCUT2D eigenvalue weighted by atomic mass is 35.5. The van der Waals surface area contributed by atoms with E-state index in [2.05, 4.69) is 15.5 Å². The van der Waals surface area contributed by atoms with Crippen LogP contribution in [0.2, 0.25) is 10.0 Å². The Labute approximate surface area is 189 Å². The summed E-state index contributed by atoms with van der Waals surface area (Å²) in [7, 11) is 0. The number of carbonyl (C=O) groups is 1. The molecule has 0 aliphatic rings. The zero-order valence-corrected chi connectivity index (χ0v) is 19.2. The van der Waals surface area contributed by atoms with Gasteiger partial charge < -0.3 is 14.6 Å². The molecule has 158 valence electrons. The number of aromatic nitrogens is 3. The Morgan fingerprint density at radius 3 is 2.63 bits per heavy atom. The molecule has 0 aliphatic carbocycles. The van der Waals surface area contributed by atoms with Crippen LogP contribution >= 0.6 is 35.0 Å². The second-order valence-electron chi connectivity index (χ2n) is 6.60. The third-order valence-corrected chi connectivity index (χ3v) is 6.10. The standard InChI is InChI=1S/C21H22Cl2N4O2S/c1-4-27-20(14(3)29-15-10-8-13(2)9-11-15)25-26-21(27)30-12-18(28)24-17-7-5-6-16(22)19(17)23/h5-11,14H,4,12H2,1-3H3,(H,24,28). The Morgan fingerprint density at radius 1 is 1.20 bits per heavy atom. The zero-order valence-electron chi connectivity index (χ0n) is 16.9. The Hall–Kier alpha value is -2.22. The van der Waals surface area contributed by atoms with Crippen LogP contribution in [0.15, 0.2) is 47.6 Å². The van der Waals surface area contributed by atoms with Gasteiger partial charge in [-0.15, -0.1) is 10.2 Å². The van der Waals surface area contributed by atoms with Gasteiger partial charge in [-0.1, -0.05) is 58.7 Å². The molecule has 0 fully saturated rings. The summed E-state index contributed by atoms with van der Waals surface area (Å²) in [5, 5.41) is 12.7. The molecular weight excluding hydrogens is 443 g/mol. The van der Waals surface area contributed by atoms with Gasteiger partial charge in [0, 0.05) is 6.54 Å². The van der Waals surface area contributed by atoms with Crippen molar-refractivity contribution in [2.45, 2.75) is 38.6 Å². The summed E-state index contributed by atoms with van der Waals surface area (Å²) in [6, 6.07) is 13.0. The van der Waals surface area contributed by atoms with E-state index in [-0.39, 0.29) is 17.8 Å². The monoisotopic (exact) mass is 464 g/mol. The topological polar surface area (TPSA) is 69.0 Å². The van der Waals surface area contributed by atoms with Gasteiger partial charge in [0.2, 0.25) is 5.91 Å². The van der Waals surface area contributed by atoms with Crippen LogP contribution in [0.25, 0.3) is 0 Å². The number of aryl methyl sites for hydroxylation is 1. The van der Waals surface area contributed by atoms with Gasteiger partial charge in [-0.25, -0.2) is 0 Å². The first-order valence-corrected chi connectivity index (χ1v) is 11.2. The van der Waals surface area contributed by atoms with Crippen molar-refractivity contribution < 1.29 is 9.53 Å². The summed E-state index contributed by atoms with van der Waals surface area (Å²) in [4.78, 5) is 12.3. The molecule has 1 unspecified atom stereocenters. The molecular formula is C21H22Cl2N4O2S. The Morgan fingerprint density at radius 2 is 1.93 bits per heavy atom. The van der Waals surface area contributed by atoms with Crippen molar-refractivity contribution in [1.82, 2.24) is 14.8 Å². The van der Waals surface area contributed by atoms with Crippen LogP contribution in [-0.4, -0.2) is 26.4 Å². The molecule has 1 aromatic heterocycles. The van der Waals surface area contributed by atoms with Crippen LogP contribution in [-0.2, 0) is 11.3 Å². The predicted molar refractivity (Wildman–Crippen MR) is 122 cm³/mol. The SMILES string of the molecule is CCn1c(SCC(=O)Nc2cccc(Cl)c2Cl)nnc1C(C)Oc1ccc(C)cc1. The number of hydrogen-bond acceptors (Lipinski definition) is 5. The molecule has 6 nitrogen and oxygen atoms in total. The van der Waals surface area contributed by atoms with Gasteiger partial charge in [0.05, 0.1) is 21.5 Å². The Bertz CT molecular complexity index is 1020. The zero-order chi connectivity index (χ0) is 21.7. The van der Waals surface area contributed by atoms with Crippen molar-refractivity contribution >= 4 is 46.6 Å². The number of thioether (sulfide) groups is 1. The maximum Gasteiger partial charge on any atom is 0.234 e. The highest BCUT2D eigenvalue weighted by Crippen LogP contribution is 2.30. The largest absolute Gasteiger partial charge is 0.483 e. The minimum Gasteiger partial charge on any atom is -0.483 e. The highest BCUT2D eigenvalue weighted by molar-refractivity contribution is 7.99. The molecule has 1 N–H and O–H groups in total. The van der Waals surface area contributed by atoms with Gasteiger partial charge in [0.25, 0.3) is 0 Å². The van der Waals surface area contributed by atoms with E-state index >= 15 is 0 Å². The average Bonchev–Trinajstić information content (AvgIpc) is 3.14. The quantitative estimate of drug-likeness (QED) is 0.427. The summed E-state index contributed by atoms with van der Waals surface area (Å²) < 4.78 is 7.95. The number of ether oxygens (including phenoxy) is 1. The Kier molecular flexibility index (Phi) is 7.64. The van der Waals surface area contributed by atoms with Crippen molar-refractivity contribution in [3.05, 3.63) is 63.9 Å². The van der Waals surface area contributed by atoms with Crippen molar-refractivity contribution in [3.8, 4) is 5.75 Å². The summed E-state index contributed by atoms with van der Waals surface area (Å²) in [5.74, 6) is 1.43. The molecule has 0 spiro atoms. The molecule has 30 heavy (non-hydrogen) atoms. The molecule has 0 radical (unpaired) electrons. The lowest BCUT2D eigenvalue weighted by atomic mass is 10.2. The number of carbonyl (C=O) groups excluding carboxylic acids is 1. The van der Waals surface area contributed by atoms with Gasteiger partial charge in [-0.3, -0.25) is 4.79 Å². The molecule has 0 saturated heterocycles. The van der Waals surface area contributed by atoms with Crippen LogP contribution in [0.5, 0.6) is 5.75 Å². The molecule has 3 aromatic rings. The molecule has 2 aromatic carbocycles. The van der Waals surface area contributed by atoms with E-state index in [1.54, 1.807) is 18.2 Å². The number of benzene rings is 2. The number of amides is 1. The third-order valence-electron chi connectivity index (χ3n) is 4.32. The molecule has 1 atom stereocenters. The van der Waals surface area contributed by atoms with E-state index in [4.69, 9.17) is 27.9 Å². The van der Waals surface area contributed by atoms with Crippen LogP contribution in [0.1, 0.15) is 31.3 Å². The molecule has 0 bridgehead atoms. The van der Waals surface area contributed by atoms with E-state index in [0.29, 0.717) is 33.3 Å². The van der Waals surface area contributed by atoms with E-state index in [1.807, 2.05) is 49.6 Å². The van der Waals surface area contributed by atoms with Crippen molar-refractivity contribution in [3.63, 3.8) is 0 Å². The number of halogens is 2. The fraction of sp³-hybridized carbons (Fsp3) is 0.286. The summed E-state index contributed by atoms with van der Waals surface area (Å²) in [5.41, 5.74) is 1.65. The highest BCUT2D eigenvalue weighted by Gasteiger charge is 2.19. The van der Waals surface area contributed by atoms with E-state index in [0.717, 1.165) is 5.75 Å². The van der Waals surface area contributed by atoms with Gasteiger partial charge >= 0.3 is 0 Å². The molecule has 1 heterocycles. The van der Waals surface area contributed by atoms with Crippen molar-refractivity contribution in [1.29, 1.82) is 0 Å². The Balaban J connectivity index is 1.64. The molecule has 0 saturated carbocycles. The summed E-state index contributed by atoms with van der Waals surface area (Å²) in [6.07, 6.45) is -0.284. The number of nitrogens with zero attached hydrogens (tertiary/aromatic N) is 3. The summed E-state index contributed by atoms with van der Waals surface area (Å²) in [6.45, 7) is 6.62. The van der Waals surface area contributed by atoms with Crippen LogP contribution in [0, 0.1) is 6.92 Å². The molecule has 1 amide bonds. The van der Waals surface area contributed by atoms with Crippen LogP contribution in [0.4, 0.5) is 5.69 Å². The van der Waals surface area contributed by atoms with Crippen LogP contribution < -0.4 is 10.1 Å². The lowest BCUT2D eigenvalue weighted by molar-refractivity contribution is -0.113. The van der Waals surface area contributed by atoms with Crippen LogP contribution in [0.3, 0.4) is 0 Å². The number of anilines is 1. The lowest BCUT2D eigenvalue weighted by Gasteiger charge is -2.15. The number of rotatable bonds is 8. The smallest absolute Gasteiger partial charge is 0.234 e. The number of nitrogens with one attached hydrogen (secondary N) is 1.